The van der Waals surface area contributed by atoms with Crippen LogP contribution in [0.15, 0.2) is 24.3 Å². The van der Waals surface area contributed by atoms with E-state index in [1.54, 1.807) is 0 Å². The molecule has 1 fully saturated rings. The number of nitrogens with zero attached hydrogens (tertiary/aromatic N) is 1. The van der Waals surface area contributed by atoms with Crippen LogP contribution in [0.25, 0.3) is 0 Å². The third kappa shape index (κ3) is 2.32. The first kappa shape index (κ1) is 13.1. The lowest BCUT2D eigenvalue weighted by atomic mass is 9.78. The molecular weight excluding hydrogens is 232 g/mol. The van der Waals surface area contributed by atoms with Gasteiger partial charge in [-0.25, -0.2) is 0 Å². The number of benzene rings is 1. The van der Waals surface area contributed by atoms with Crippen LogP contribution in [0.5, 0.6) is 0 Å². The van der Waals surface area contributed by atoms with E-state index in [0.717, 1.165) is 6.42 Å². The van der Waals surface area contributed by atoms with E-state index in [1.807, 2.05) is 0 Å². The lowest BCUT2D eigenvalue weighted by Gasteiger charge is -2.41. The summed E-state index contributed by atoms with van der Waals surface area (Å²) in [5, 5.41) is 0. The minimum Gasteiger partial charge on any atom is -0.324 e. The van der Waals surface area contributed by atoms with Crippen molar-refractivity contribution in [1.29, 1.82) is 0 Å². The van der Waals surface area contributed by atoms with Crippen molar-refractivity contribution in [2.24, 2.45) is 11.1 Å². The zero-order chi connectivity index (χ0) is 13.5. The Hall–Kier alpha value is -0.860. The normalized spacial score (nSPS) is 30.3. The Bertz CT molecular complexity index is 446. The van der Waals surface area contributed by atoms with Gasteiger partial charge in [0.2, 0.25) is 0 Å². The number of fused-ring (bicyclic) bond motifs is 1. The van der Waals surface area contributed by atoms with Crippen molar-refractivity contribution in [3.05, 3.63) is 35.4 Å². The number of likely N-dealkylation sites (tertiary alicyclic amines) is 1. The number of piperidine rings is 1. The van der Waals surface area contributed by atoms with Crippen molar-refractivity contribution in [1.82, 2.24) is 4.90 Å². The highest BCUT2D eigenvalue weighted by atomic mass is 15.2. The Morgan fingerprint density at radius 2 is 1.84 bits per heavy atom. The molecule has 0 amide bonds. The molecule has 19 heavy (non-hydrogen) atoms. The molecule has 1 aliphatic carbocycles. The van der Waals surface area contributed by atoms with Gasteiger partial charge < -0.3 is 5.73 Å². The van der Waals surface area contributed by atoms with E-state index in [2.05, 4.69) is 43.0 Å². The van der Waals surface area contributed by atoms with E-state index in [1.165, 1.54) is 43.5 Å². The fourth-order valence-corrected chi connectivity index (χ4v) is 3.72. The van der Waals surface area contributed by atoms with E-state index >= 15 is 0 Å². The summed E-state index contributed by atoms with van der Waals surface area (Å²) in [6, 6.07) is 9.56. The lowest BCUT2D eigenvalue weighted by Crippen LogP contribution is -2.40. The minimum absolute atomic E-state index is 0.237. The molecule has 2 unspecified atom stereocenters. The lowest BCUT2D eigenvalue weighted by molar-refractivity contribution is 0.0789. The van der Waals surface area contributed by atoms with Gasteiger partial charge in [-0.2, -0.15) is 0 Å². The van der Waals surface area contributed by atoms with Crippen molar-refractivity contribution in [2.45, 2.75) is 51.6 Å². The minimum atomic E-state index is 0.237. The topological polar surface area (TPSA) is 29.3 Å². The van der Waals surface area contributed by atoms with E-state index in [0.29, 0.717) is 11.5 Å². The molecule has 0 bridgehead atoms. The SMILES string of the molecule is CCC1(C)CCN(C2CC(N)c3ccccc32)CC1. The summed E-state index contributed by atoms with van der Waals surface area (Å²) in [5.41, 5.74) is 9.72. The van der Waals surface area contributed by atoms with Gasteiger partial charge in [-0.15, -0.1) is 0 Å². The Morgan fingerprint density at radius 1 is 1.21 bits per heavy atom. The average molecular weight is 258 g/mol. The monoisotopic (exact) mass is 258 g/mol. The van der Waals surface area contributed by atoms with Crippen LogP contribution < -0.4 is 5.73 Å². The van der Waals surface area contributed by atoms with Gasteiger partial charge in [0, 0.05) is 12.1 Å². The van der Waals surface area contributed by atoms with Crippen molar-refractivity contribution in [3.63, 3.8) is 0 Å². The van der Waals surface area contributed by atoms with Crippen LogP contribution in [-0.4, -0.2) is 18.0 Å². The molecule has 2 heteroatoms. The second-order valence-corrected chi connectivity index (χ2v) is 6.69. The molecule has 0 aromatic heterocycles. The zero-order valence-corrected chi connectivity index (χ0v) is 12.2. The molecule has 0 radical (unpaired) electrons. The summed E-state index contributed by atoms with van der Waals surface area (Å²) in [6.45, 7) is 7.24. The van der Waals surface area contributed by atoms with Crippen LogP contribution >= 0.6 is 0 Å². The molecule has 104 valence electrons. The largest absolute Gasteiger partial charge is 0.324 e. The van der Waals surface area contributed by atoms with Crippen LogP contribution in [0.2, 0.25) is 0 Å². The second-order valence-electron chi connectivity index (χ2n) is 6.69. The summed E-state index contributed by atoms with van der Waals surface area (Å²) in [6.07, 6.45) is 5.07. The maximum atomic E-state index is 6.30. The van der Waals surface area contributed by atoms with Gasteiger partial charge in [0.1, 0.15) is 0 Å². The molecule has 1 aliphatic heterocycles. The molecular formula is C17H26N2. The summed E-state index contributed by atoms with van der Waals surface area (Å²) in [5.74, 6) is 0. The van der Waals surface area contributed by atoms with Crippen molar-refractivity contribution >= 4 is 0 Å². The van der Waals surface area contributed by atoms with E-state index in [4.69, 9.17) is 5.73 Å². The highest BCUT2D eigenvalue weighted by molar-refractivity contribution is 5.37. The summed E-state index contributed by atoms with van der Waals surface area (Å²) in [7, 11) is 0. The van der Waals surface area contributed by atoms with Gasteiger partial charge in [-0.1, -0.05) is 44.5 Å². The summed E-state index contributed by atoms with van der Waals surface area (Å²) in [4.78, 5) is 2.67. The standard InChI is InChI=1S/C17H26N2/c1-3-17(2)8-10-19(11-9-17)16-12-15(18)13-6-4-5-7-14(13)16/h4-7,15-16H,3,8-12,18H2,1-2H3. The molecule has 3 rings (SSSR count). The van der Waals surface area contributed by atoms with Gasteiger partial charge >= 0.3 is 0 Å². The van der Waals surface area contributed by atoms with E-state index in [-0.39, 0.29) is 6.04 Å². The van der Waals surface area contributed by atoms with Crippen LogP contribution in [-0.2, 0) is 0 Å². The first-order valence-electron chi connectivity index (χ1n) is 7.71. The molecule has 1 aromatic carbocycles. The Kier molecular flexibility index (Phi) is 3.40. The molecule has 1 aromatic rings. The number of hydrogen-bond acceptors (Lipinski definition) is 2. The van der Waals surface area contributed by atoms with Crippen LogP contribution in [0.1, 0.15) is 62.7 Å². The van der Waals surface area contributed by atoms with Crippen molar-refractivity contribution in [3.8, 4) is 0 Å². The van der Waals surface area contributed by atoms with Crippen LogP contribution in [0, 0.1) is 5.41 Å². The predicted octanol–water partition coefficient (Wildman–Crippen LogP) is 3.64. The third-order valence-corrected chi connectivity index (χ3v) is 5.53. The summed E-state index contributed by atoms with van der Waals surface area (Å²) >= 11 is 0. The Labute approximate surface area is 117 Å². The predicted molar refractivity (Wildman–Crippen MR) is 79.9 cm³/mol. The van der Waals surface area contributed by atoms with Gasteiger partial charge in [-0.3, -0.25) is 4.90 Å². The van der Waals surface area contributed by atoms with Gasteiger partial charge in [0.15, 0.2) is 0 Å². The van der Waals surface area contributed by atoms with Crippen LogP contribution in [0.4, 0.5) is 0 Å². The van der Waals surface area contributed by atoms with Gasteiger partial charge in [0.25, 0.3) is 0 Å². The molecule has 0 spiro atoms. The van der Waals surface area contributed by atoms with Crippen molar-refractivity contribution < 1.29 is 0 Å². The molecule has 2 N–H and O–H groups in total. The quantitative estimate of drug-likeness (QED) is 0.877. The number of hydrogen-bond donors (Lipinski definition) is 1. The first-order chi connectivity index (χ1) is 9.13. The molecule has 1 heterocycles. The highest BCUT2D eigenvalue weighted by Crippen LogP contribution is 2.44. The van der Waals surface area contributed by atoms with Crippen LogP contribution in [0.3, 0.4) is 0 Å². The second kappa shape index (κ2) is 4.92. The van der Waals surface area contributed by atoms with Gasteiger partial charge in [0.05, 0.1) is 0 Å². The fourth-order valence-electron chi connectivity index (χ4n) is 3.72. The number of rotatable bonds is 2. The maximum Gasteiger partial charge on any atom is 0.0369 e. The number of nitrogens with two attached hydrogens (primary N) is 1. The Balaban J connectivity index is 1.76. The molecule has 2 nitrogen and oxygen atoms in total. The molecule has 0 saturated carbocycles. The maximum absolute atomic E-state index is 6.30. The average Bonchev–Trinajstić information content (AvgIpc) is 2.78. The van der Waals surface area contributed by atoms with E-state index < -0.39 is 0 Å². The van der Waals surface area contributed by atoms with Crippen molar-refractivity contribution in [2.75, 3.05) is 13.1 Å². The zero-order valence-electron chi connectivity index (χ0n) is 12.2. The smallest absolute Gasteiger partial charge is 0.0369 e. The highest BCUT2D eigenvalue weighted by Gasteiger charge is 2.36. The summed E-state index contributed by atoms with van der Waals surface area (Å²) < 4.78 is 0. The third-order valence-electron chi connectivity index (χ3n) is 5.53. The fraction of sp³-hybridized carbons (Fsp3) is 0.647. The first-order valence-corrected chi connectivity index (χ1v) is 7.71. The molecule has 1 saturated heterocycles. The van der Waals surface area contributed by atoms with E-state index in [9.17, 15) is 0 Å². The Morgan fingerprint density at radius 3 is 2.47 bits per heavy atom. The molecule has 2 aliphatic rings. The van der Waals surface area contributed by atoms with Gasteiger partial charge in [-0.05, 0) is 48.9 Å². The molecule has 2 atom stereocenters.